The number of rotatable bonds is 5. The maximum Gasteiger partial charge on any atom is 0.255 e. The van der Waals surface area contributed by atoms with Crippen LogP contribution in [-0.4, -0.2) is 19.6 Å². The van der Waals surface area contributed by atoms with Gasteiger partial charge in [0.2, 0.25) is 0 Å². The van der Waals surface area contributed by atoms with Crippen molar-refractivity contribution in [3.8, 4) is 5.75 Å². The summed E-state index contributed by atoms with van der Waals surface area (Å²) in [6.45, 7) is 2.69. The number of hydrogen-bond acceptors (Lipinski definition) is 2. The van der Waals surface area contributed by atoms with Gasteiger partial charge in [-0.25, -0.2) is 0 Å². The third-order valence-corrected chi connectivity index (χ3v) is 3.29. The maximum absolute atomic E-state index is 12.2. The molecule has 1 N–H and O–H groups in total. The van der Waals surface area contributed by atoms with Crippen molar-refractivity contribution < 1.29 is 9.53 Å². The first kappa shape index (κ1) is 14.1. The average Bonchev–Trinajstić information content (AvgIpc) is 2.53. The Labute approximate surface area is 119 Å². The molecule has 0 aliphatic rings. The normalized spacial score (nSPS) is 11.7. The van der Waals surface area contributed by atoms with Crippen LogP contribution in [0.3, 0.4) is 0 Å². The van der Waals surface area contributed by atoms with E-state index in [2.05, 4.69) is 24.4 Å². The molecule has 0 aromatic heterocycles. The van der Waals surface area contributed by atoms with E-state index < -0.39 is 0 Å². The molecule has 0 spiro atoms. The van der Waals surface area contributed by atoms with Crippen LogP contribution < -0.4 is 10.1 Å². The maximum atomic E-state index is 12.2. The quantitative estimate of drug-likeness (QED) is 0.905. The Bertz CT molecular complexity index is 566. The number of carbonyl (C=O) groups is 1. The summed E-state index contributed by atoms with van der Waals surface area (Å²) in [6.07, 6.45) is 0. The molecule has 2 aromatic rings. The monoisotopic (exact) mass is 269 g/mol. The second-order valence-electron chi connectivity index (χ2n) is 4.72. The Hall–Kier alpha value is -2.29. The van der Waals surface area contributed by atoms with Gasteiger partial charge in [0.1, 0.15) is 5.75 Å². The van der Waals surface area contributed by atoms with Crippen molar-refractivity contribution in [2.45, 2.75) is 12.8 Å². The van der Waals surface area contributed by atoms with Crippen molar-refractivity contribution in [2.75, 3.05) is 13.7 Å². The highest BCUT2D eigenvalue weighted by Gasteiger charge is 2.12. The van der Waals surface area contributed by atoms with Crippen molar-refractivity contribution in [3.63, 3.8) is 0 Å². The molecule has 0 aliphatic carbocycles. The fourth-order valence-corrected chi connectivity index (χ4v) is 2.07. The van der Waals surface area contributed by atoms with Crippen LogP contribution in [-0.2, 0) is 0 Å². The number of amides is 1. The molecule has 0 aliphatic heterocycles. The first-order valence-corrected chi connectivity index (χ1v) is 6.68. The number of hydrogen-bond donors (Lipinski definition) is 1. The van der Waals surface area contributed by atoms with E-state index >= 15 is 0 Å². The van der Waals surface area contributed by atoms with E-state index in [1.54, 1.807) is 19.2 Å². The number of methoxy groups -OCH3 is 1. The molecule has 3 heteroatoms. The van der Waals surface area contributed by atoms with Crippen LogP contribution in [0.15, 0.2) is 54.6 Å². The van der Waals surface area contributed by atoms with Crippen molar-refractivity contribution in [1.29, 1.82) is 0 Å². The summed E-state index contributed by atoms with van der Waals surface area (Å²) in [5, 5.41) is 2.95. The number of benzene rings is 2. The Morgan fingerprint density at radius 2 is 1.75 bits per heavy atom. The Balaban J connectivity index is 1.99. The molecule has 0 unspecified atom stereocenters. The van der Waals surface area contributed by atoms with Gasteiger partial charge in [-0.1, -0.05) is 49.4 Å². The Morgan fingerprint density at radius 3 is 2.45 bits per heavy atom. The highest BCUT2D eigenvalue weighted by molar-refractivity contribution is 5.96. The van der Waals surface area contributed by atoms with E-state index in [1.807, 2.05) is 30.3 Å². The summed E-state index contributed by atoms with van der Waals surface area (Å²) < 4.78 is 5.20. The number of ether oxygens (including phenoxy) is 1. The van der Waals surface area contributed by atoms with Crippen LogP contribution in [0.5, 0.6) is 5.75 Å². The van der Waals surface area contributed by atoms with Gasteiger partial charge in [-0.3, -0.25) is 4.79 Å². The zero-order valence-electron chi connectivity index (χ0n) is 11.8. The summed E-state index contributed by atoms with van der Waals surface area (Å²) in [7, 11) is 1.57. The van der Waals surface area contributed by atoms with Crippen LogP contribution in [0, 0.1) is 0 Å². The highest BCUT2D eigenvalue weighted by atomic mass is 16.5. The lowest BCUT2D eigenvalue weighted by molar-refractivity contribution is 0.0948. The van der Waals surface area contributed by atoms with Gasteiger partial charge < -0.3 is 10.1 Å². The van der Waals surface area contributed by atoms with Gasteiger partial charge in [-0.2, -0.15) is 0 Å². The van der Waals surface area contributed by atoms with Crippen LogP contribution >= 0.6 is 0 Å². The molecule has 1 amide bonds. The molecule has 0 heterocycles. The van der Waals surface area contributed by atoms with E-state index in [9.17, 15) is 4.79 Å². The number of carbonyl (C=O) groups excluding carboxylic acids is 1. The molecule has 0 saturated carbocycles. The molecule has 104 valence electrons. The SMILES string of the molecule is COc1ccccc1C(=O)NC[C@H](C)c1ccccc1. The third-order valence-electron chi connectivity index (χ3n) is 3.29. The molecule has 0 radical (unpaired) electrons. The fourth-order valence-electron chi connectivity index (χ4n) is 2.07. The summed E-state index contributed by atoms with van der Waals surface area (Å²) in [5.41, 5.74) is 1.78. The van der Waals surface area contributed by atoms with E-state index in [-0.39, 0.29) is 11.8 Å². The zero-order valence-corrected chi connectivity index (χ0v) is 11.8. The van der Waals surface area contributed by atoms with E-state index in [1.165, 1.54) is 5.56 Å². The van der Waals surface area contributed by atoms with Crippen LogP contribution in [0.4, 0.5) is 0 Å². The van der Waals surface area contributed by atoms with Gasteiger partial charge >= 0.3 is 0 Å². The van der Waals surface area contributed by atoms with Crippen molar-refractivity contribution in [1.82, 2.24) is 5.32 Å². The second-order valence-corrected chi connectivity index (χ2v) is 4.72. The van der Waals surface area contributed by atoms with Crippen molar-refractivity contribution in [3.05, 3.63) is 65.7 Å². The van der Waals surface area contributed by atoms with E-state index in [4.69, 9.17) is 4.74 Å². The molecule has 0 fully saturated rings. The minimum Gasteiger partial charge on any atom is -0.496 e. The molecular formula is C17H19NO2. The molecule has 2 rings (SSSR count). The van der Waals surface area contributed by atoms with E-state index in [0.717, 1.165) is 0 Å². The van der Waals surface area contributed by atoms with E-state index in [0.29, 0.717) is 17.9 Å². The topological polar surface area (TPSA) is 38.3 Å². The first-order chi connectivity index (χ1) is 9.72. The third kappa shape index (κ3) is 3.38. The first-order valence-electron chi connectivity index (χ1n) is 6.68. The summed E-state index contributed by atoms with van der Waals surface area (Å²) in [6, 6.07) is 17.4. The van der Waals surface area contributed by atoms with Crippen molar-refractivity contribution in [2.24, 2.45) is 0 Å². The minimum absolute atomic E-state index is 0.106. The second kappa shape index (κ2) is 6.75. The van der Waals surface area contributed by atoms with Gasteiger partial charge in [-0.15, -0.1) is 0 Å². The molecule has 0 bridgehead atoms. The fraction of sp³-hybridized carbons (Fsp3) is 0.235. The van der Waals surface area contributed by atoms with Gasteiger partial charge in [0.15, 0.2) is 0 Å². The summed E-state index contributed by atoms with van der Waals surface area (Å²) >= 11 is 0. The largest absolute Gasteiger partial charge is 0.496 e. The van der Waals surface area contributed by atoms with Crippen LogP contribution in [0.25, 0.3) is 0 Å². The van der Waals surface area contributed by atoms with Crippen molar-refractivity contribution >= 4 is 5.91 Å². The summed E-state index contributed by atoms with van der Waals surface area (Å²) in [4.78, 5) is 12.2. The number of nitrogens with one attached hydrogen (secondary N) is 1. The lowest BCUT2D eigenvalue weighted by atomic mass is 10.0. The lowest BCUT2D eigenvalue weighted by Gasteiger charge is -2.14. The molecule has 2 aromatic carbocycles. The predicted molar refractivity (Wildman–Crippen MR) is 80.2 cm³/mol. The smallest absolute Gasteiger partial charge is 0.255 e. The molecule has 1 atom stereocenters. The summed E-state index contributed by atoms with van der Waals surface area (Å²) in [5.74, 6) is 0.762. The van der Waals surface area contributed by atoms with Crippen LogP contribution in [0.1, 0.15) is 28.8 Å². The molecule has 0 saturated heterocycles. The molecular weight excluding hydrogens is 250 g/mol. The lowest BCUT2D eigenvalue weighted by Crippen LogP contribution is -2.27. The van der Waals surface area contributed by atoms with Gasteiger partial charge in [-0.05, 0) is 23.6 Å². The van der Waals surface area contributed by atoms with Gasteiger partial charge in [0.25, 0.3) is 5.91 Å². The molecule has 3 nitrogen and oxygen atoms in total. The van der Waals surface area contributed by atoms with Crippen LogP contribution in [0.2, 0.25) is 0 Å². The average molecular weight is 269 g/mol. The number of para-hydroxylation sites is 1. The van der Waals surface area contributed by atoms with Gasteiger partial charge in [0, 0.05) is 6.54 Å². The Kier molecular flexibility index (Phi) is 4.77. The molecule has 20 heavy (non-hydrogen) atoms. The standard InChI is InChI=1S/C17H19NO2/c1-13(14-8-4-3-5-9-14)12-18-17(19)15-10-6-7-11-16(15)20-2/h3-11,13H,12H2,1-2H3,(H,18,19)/t13-/m0/s1. The minimum atomic E-state index is -0.106. The highest BCUT2D eigenvalue weighted by Crippen LogP contribution is 2.18. The van der Waals surface area contributed by atoms with Gasteiger partial charge in [0.05, 0.1) is 12.7 Å². The predicted octanol–water partition coefficient (Wildman–Crippen LogP) is 3.23. The Morgan fingerprint density at radius 1 is 1.10 bits per heavy atom. The zero-order chi connectivity index (χ0) is 14.4.